The van der Waals surface area contributed by atoms with Crippen LogP contribution in [0.4, 0.5) is 0 Å². The average molecular weight is 259 g/mol. The molecule has 2 nitrogen and oxygen atoms in total. The minimum absolute atomic E-state index is 0.266. The van der Waals surface area contributed by atoms with Gasteiger partial charge in [0.15, 0.2) is 0 Å². The van der Waals surface area contributed by atoms with Gasteiger partial charge in [0.2, 0.25) is 0 Å². The number of fused-ring (bicyclic) bond motifs is 4. The lowest BCUT2D eigenvalue weighted by Gasteiger charge is -2.46. The number of benzene rings is 1. The van der Waals surface area contributed by atoms with Crippen molar-refractivity contribution in [2.75, 3.05) is 20.1 Å². The van der Waals surface area contributed by atoms with Crippen molar-refractivity contribution < 1.29 is 5.11 Å². The largest absolute Gasteiger partial charge is 0.508 e. The number of nitrogens with zero attached hydrogens (tertiary/aromatic N) is 1. The van der Waals surface area contributed by atoms with Crippen LogP contribution in [0.25, 0.3) is 0 Å². The molecule has 0 radical (unpaired) electrons. The fraction of sp³-hybridized carbons (Fsp3) is 0.647. The van der Waals surface area contributed by atoms with Crippen molar-refractivity contribution >= 4 is 0 Å². The Labute approximate surface area is 116 Å². The van der Waals surface area contributed by atoms with Gasteiger partial charge in [-0.1, -0.05) is 19.9 Å². The first kappa shape index (κ1) is 13.0. The standard InChI is InChI=1S/C17H25NO/c1-4-17-7-8-18(3)11-14(12(17)2)9-13-5-6-15(19)10-16(13)17/h5-6,10,12,14,19H,4,7-9,11H2,1-3H3. The quantitative estimate of drug-likeness (QED) is 0.837. The van der Waals surface area contributed by atoms with Gasteiger partial charge in [-0.2, -0.15) is 0 Å². The number of hydrogen-bond acceptors (Lipinski definition) is 2. The maximum absolute atomic E-state index is 9.89. The number of aromatic hydroxyl groups is 1. The van der Waals surface area contributed by atoms with E-state index in [1.54, 1.807) is 0 Å². The molecule has 0 spiro atoms. The maximum atomic E-state index is 9.89. The van der Waals surface area contributed by atoms with Crippen LogP contribution in [0.3, 0.4) is 0 Å². The first-order valence-corrected chi connectivity index (χ1v) is 7.57. The zero-order valence-corrected chi connectivity index (χ0v) is 12.3. The fourth-order valence-corrected chi connectivity index (χ4v) is 4.52. The van der Waals surface area contributed by atoms with E-state index in [0.717, 1.165) is 5.92 Å². The highest BCUT2D eigenvalue weighted by Gasteiger charge is 2.46. The molecule has 1 aliphatic carbocycles. The summed E-state index contributed by atoms with van der Waals surface area (Å²) in [5.74, 6) is 1.89. The van der Waals surface area contributed by atoms with Gasteiger partial charge in [-0.25, -0.2) is 0 Å². The third-order valence-corrected chi connectivity index (χ3v) is 5.81. The molecule has 0 saturated carbocycles. The Hall–Kier alpha value is -1.02. The summed E-state index contributed by atoms with van der Waals surface area (Å²) in [6.45, 7) is 7.13. The van der Waals surface area contributed by atoms with Crippen LogP contribution in [0, 0.1) is 11.8 Å². The fourth-order valence-electron chi connectivity index (χ4n) is 4.52. The van der Waals surface area contributed by atoms with Gasteiger partial charge in [0, 0.05) is 6.54 Å². The molecule has 1 fully saturated rings. The van der Waals surface area contributed by atoms with Crippen molar-refractivity contribution in [3.8, 4) is 5.75 Å². The molecule has 104 valence electrons. The lowest BCUT2D eigenvalue weighted by molar-refractivity contribution is 0.176. The molecule has 1 N–H and O–H groups in total. The van der Waals surface area contributed by atoms with Crippen molar-refractivity contribution in [1.82, 2.24) is 4.90 Å². The van der Waals surface area contributed by atoms with Crippen LogP contribution in [0.1, 0.15) is 37.8 Å². The maximum Gasteiger partial charge on any atom is 0.115 e. The third kappa shape index (κ3) is 1.88. The van der Waals surface area contributed by atoms with E-state index in [1.165, 1.54) is 43.5 Å². The van der Waals surface area contributed by atoms with Gasteiger partial charge in [-0.3, -0.25) is 0 Å². The molecule has 1 saturated heterocycles. The second-order valence-corrected chi connectivity index (χ2v) is 6.62. The highest BCUT2D eigenvalue weighted by molar-refractivity contribution is 5.43. The van der Waals surface area contributed by atoms with Crippen LogP contribution in [-0.2, 0) is 11.8 Å². The molecule has 1 aliphatic heterocycles. The Morgan fingerprint density at radius 2 is 2.21 bits per heavy atom. The van der Waals surface area contributed by atoms with Crippen molar-refractivity contribution in [2.24, 2.45) is 11.8 Å². The highest BCUT2D eigenvalue weighted by Crippen LogP contribution is 2.51. The monoisotopic (exact) mass is 259 g/mol. The van der Waals surface area contributed by atoms with E-state index in [1.807, 2.05) is 12.1 Å². The molecule has 2 bridgehead atoms. The predicted molar refractivity (Wildman–Crippen MR) is 78.5 cm³/mol. The molecule has 3 unspecified atom stereocenters. The third-order valence-electron chi connectivity index (χ3n) is 5.81. The molecule has 2 aliphatic rings. The highest BCUT2D eigenvalue weighted by atomic mass is 16.3. The smallest absolute Gasteiger partial charge is 0.115 e. The molecule has 2 heteroatoms. The van der Waals surface area contributed by atoms with Gasteiger partial charge < -0.3 is 10.0 Å². The van der Waals surface area contributed by atoms with E-state index in [4.69, 9.17) is 0 Å². The first-order chi connectivity index (χ1) is 9.06. The molecule has 3 rings (SSSR count). The summed E-state index contributed by atoms with van der Waals surface area (Å²) in [6.07, 6.45) is 3.56. The lowest BCUT2D eigenvalue weighted by Crippen LogP contribution is -2.42. The zero-order valence-electron chi connectivity index (χ0n) is 12.3. The van der Waals surface area contributed by atoms with Gasteiger partial charge in [-0.15, -0.1) is 0 Å². The lowest BCUT2D eigenvalue weighted by atomic mass is 9.58. The molecule has 0 amide bonds. The summed E-state index contributed by atoms with van der Waals surface area (Å²) < 4.78 is 0. The van der Waals surface area contributed by atoms with Gasteiger partial charge in [0.05, 0.1) is 0 Å². The van der Waals surface area contributed by atoms with E-state index in [2.05, 4.69) is 31.9 Å². The first-order valence-electron chi connectivity index (χ1n) is 7.57. The van der Waals surface area contributed by atoms with Gasteiger partial charge in [0.25, 0.3) is 0 Å². The van der Waals surface area contributed by atoms with E-state index < -0.39 is 0 Å². The van der Waals surface area contributed by atoms with E-state index >= 15 is 0 Å². The van der Waals surface area contributed by atoms with E-state index in [-0.39, 0.29) is 5.41 Å². The van der Waals surface area contributed by atoms with Crippen LogP contribution in [0.15, 0.2) is 18.2 Å². The van der Waals surface area contributed by atoms with Crippen molar-refractivity contribution in [1.29, 1.82) is 0 Å². The molecular weight excluding hydrogens is 234 g/mol. The second kappa shape index (κ2) is 4.52. The Morgan fingerprint density at radius 3 is 2.95 bits per heavy atom. The van der Waals surface area contributed by atoms with Crippen LogP contribution in [-0.4, -0.2) is 30.1 Å². The number of phenols is 1. The Kier molecular flexibility index (Phi) is 3.09. The normalized spacial score (nSPS) is 34.7. The van der Waals surface area contributed by atoms with E-state index in [0.29, 0.717) is 11.7 Å². The molecule has 1 aromatic rings. The number of phenolic OH excluding ortho intramolecular Hbond substituents is 1. The van der Waals surface area contributed by atoms with E-state index in [9.17, 15) is 5.11 Å². The summed E-state index contributed by atoms with van der Waals surface area (Å²) in [5, 5.41) is 9.89. The minimum atomic E-state index is 0.266. The van der Waals surface area contributed by atoms with Crippen LogP contribution in [0.5, 0.6) is 5.75 Å². The van der Waals surface area contributed by atoms with Crippen LogP contribution < -0.4 is 0 Å². The minimum Gasteiger partial charge on any atom is -0.508 e. The molecule has 1 aromatic carbocycles. The molecule has 1 heterocycles. The average Bonchev–Trinajstić information content (AvgIpc) is 2.47. The van der Waals surface area contributed by atoms with Crippen LogP contribution in [0.2, 0.25) is 0 Å². The summed E-state index contributed by atoms with van der Waals surface area (Å²) in [5.41, 5.74) is 3.16. The Balaban J connectivity index is 2.16. The van der Waals surface area contributed by atoms with Gasteiger partial charge in [-0.05, 0) is 73.4 Å². The van der Waals surface area contributed by atoms with Crippen molar-refractivity contribution in [3.63, 3.8) is 0 Å². The topological polar surface area (TPSA) is 23.5 Å². The summed E-state index contributed by atoms with van der Waals surface area (Å²) >= 11 is 0. The van der Waals surface area contributed by atoms with Crippen molar-refractivity contribution in [2.45, 2.75) is 38.5 Å². The summed E-state index contributed by atoms with van der Waals surface area (Å²) in [4.78, 5) is 2.49. The molecule has 0 aromatic heterocycles. The number of rotatable bonds is 1. The Morgan fingerprint density at radius 1 is 1.42 bits per heavy atom. The molecular formula is C17H25NO. The summed E-state index contributed by atoms with van der Waals surface area (Å²) in [6, 6.07) is 6.05. The number of likely N-dealkylation sites (tertiary alicyclic amines) is 1. The second-order valence-electron chi connectivity index (χ2n) is 6.62. The van der Waals surface area contributed by atoms with Gasteiger partial charge in [0.1, 0.15) is 5.75 Å². The van der Waals surface area contributed by atoms with Gasteiger partial charge >= 0.3 is 0 Å². The zero-order chi connectivity index (χ0) is 13.6. The number of hydrogen-bond donors (Lipinski definition) is 1. The van der Waals surface area contributed by atoms with Crippen LogP contribution >= 0.6 is 0 Å². The molecule has 19 heavy (non-hydrogen) atoms. The molecule has 3 atom stereocenters. The predicted octanol–water partition coefficient (Wildman–Crippen LogP) is 3.18. The SMILES string of the molecule is CCC12CCN(C)CC(Cc3ccc(O)cc31)C2C. The summed E-state index contributed by atoms with van der Waals surface area (Å²) in [7, 11) is 2.25. The van der Waals surface area contributed by atoms with Crippen molar-refractivity contribution in [3.05, 3.63) is 29.3 Å². The Bertz CT molecular complexity index is 484.